The SMILES string of the molecule is CC(C)(C)S(=O)/C=C/c1cccc(Cl)c1Cl. The Kier molecular flexibility index (Phi) is 4.60. The summed E-state index contributed by atoms with van der Waals surface area (Å²) >= 11 is 11.9. The van der Waals surface area contributed by atoms with Gasteiger partial charge >= 0.3 is 0 Å². The first-order valence-corrected chi connectivity index (χ1v) is 6.82. The highest BCUT2D eigenvalue weighted by molar-refractivity contribution is 7.89. The van der Waals surface area contributed by atoms with Gasteiger partial charge in [0.05, 0.1) is 20.8 Å². The number of halogens is 2. The van der Waals surface area contributed by atoms with E-state index in [1.807, 2.05) is 32.9 Å². The van der Waals surface area contributed by atoms with Crippen LogP contribution in [0.2, 0.25) is 10.0 Å². The Morgan fingerprint density at radius 3 is 2.44 bits per heavy atom. The van der Waals surface area contributed by atoms with Gasteiger partial charge in [0.1, 0.15) is 0 Å². The number of hydrogen-bond donors (Lipinski definition) is 0. The molecule has 1 atom stereocenters. The number of benzene rings is 1. The van der Waals surface area contributed by atoms with Crippen molar-refractivity contribution in [3.05, 3.63) is 39.2 Å². The highest BCUT2D eigenvalue weighted by atomic mass is 35.5. The molecule has 0 spiro atoms. The first kappa shape index (κ1) is 13.8. The topological polar surface area (TPSA) is 17.1 Å². The van der Waals surface area contributed by atoms with Crippen molar-refractivity contribution in [3.8, 4) is 0 Å². The lowest BCUT2D eigenvalue weighted by molar-refractivity contribution is 0.656. The van der Waals surface area contributed by atoms with Crippen molar-refractivity contribution >= 4 is 40.1 Å². The molecule has 1 nitrogen and oxygen atoms in total. The zero-order valence-electron chi connectivity index (χ0n) is 9.46. The van der Waals surface area contributed by atoms with Crippen molar-refractivity contribution in [1.29, 1.82) is 0 Å². The summed E-state index contributed by atoms with van der Waals surface area (Å²) in [6, 6.07) is 5.38. The van der Waals surface area contributed by atoms with Crippen LogP contribution in [0, 0.1) is 0 Å². The van der Waals surface area contributed by atoms with Gasteiger partial charge in [-0.1, -0.05) is 35.3 Å². The zero-order valence-corrected chi connectivity index (χ0v) is 11.8. The second-order valence-corrected chi connectivity index (χ2v) is 7.23. The van der Waals surface area contributed by atoms with Crippen LogP contribution >= 0.6 is 23.2 Å². The molecule has 1 unspecified atom stereocenters. The third-order valence-corrected chi connectivity index (χ3v) is 4.38. The molecular formula is C12H14Cl2OS. The smallest absolute Gasteiger partial charge is 0.0664 e. The van der Waals surface area contributed by atoms with E-state index < -0.39 is 10.8 Å². The maximum Gasteiger partial charge on any atom is 0.0664 e. The molecule has 0 aliphatic carbocycles. The molecule has 0 aliphatic heterocycles. The fourth-order valence-electron chi connectivity index (χ4n) is 0.988. The van der Waals surface area contributed by atoms with Crippen LogP contribution in [0.15, 0.2) is 23.6 Å². The van der Waals surface area contributed by atoms with E-state index in [0.29, 0.717) is 10.0 Å². The van der Waals surface area contributed by atoms with Gasteiger partial charge in [-0.15, -0.1) is 0 Å². The number of hydrogen-bond acceptors (Lipinski definition) is 1. The summed E-state index contributed by atoms with van der Waals surface area (Å²) in [7, 11) is -1.03. The molecule has 0 saturated heterocycles. The van der Waals surface area contributed by atoms with Gasteiger partial charge < -0.3 is 0 Å². The molecule has 88 valence electrons. The van der Waals surface area contributed by atoms with E-state index in [0.717, 1.165) is 5.56 Å². The van der Waals surface area contributed by atoms with Crippen molar-refractivity contribution in [2.75, 3.05) is 0 Å². The minimum Gasteiger partial charge on any atom is -0.254 e. The fraction of sp³-hybridized carbons (Fsp3) is 0.333. The molecule has 0 aromatic heterocycles. The quantitative estimate of drug-likeness (QED) is 0.777. The molecule has 1 aromatic rings. The van der Waals surface area contributed by atoms with Crippen molar-refractivity contribution in [3.63, 3.8) is 0 Å². The van der Waals surface area contributed by atoms with Gasteiger partial charge in [-0.2, -0.15) is 0 Å². The van der Waals surface area contributed by atoms with Crippen molar-refractivity contribution < 1.29 is 4.21 Å². The molecule has 0 fully saturated rings. The molecule has 1 aromatic carbocycles. The van der Waals surface area contributed by atoms with Gasteiger partial charge in [0, 0.05) is 10.2 Å². The Balaban J connectivity index is 2.94. The Hall–Kier alpha value is -0.310. The van der Waals surface area contributed by atoms with E-state index in [-0.39, 0.29) is 4.75 Å². The van der Waals surface area contributed by atoms with Gasteiger partial charge in [0.2, 0.25) is 0 Å². The highest BCUT2D eigenvalue weighted by Crippen LogP contribution is 2.26. The first-order chi connectivity index (χ1) is 7.32. The van der Waals surface area contributed by atoms with Crippen LogP contribution in [-0.4, -0.2) is 8.96 Å². The van der Waals surface area contributed by atoms with Crippen LogP contribution in [0.25, 0.3) is 6.08 Å². The largest absolute Gasteiger partial charge is 0.254 e. The molecule has 0 radical (unpaired) electrons. The van der Waals surface area contributed by atoms with Gasteiger partial charge in [-0.3, -0.25) is 4.21 Å². The normalized spacial score (nSPS) is 14.3. The van der Waals surface area contributed by atoms with Crippen LogP contribution < -0.4 is 0 Å². The van der Waals surface area contributed by atoms with E-state index in [2.05, 4.69) is 0 Å². The van der Waals surface area contributed by atoms with Crippen LogP contribution in [0.3, 0.4) is 0 Å². The third kappa shape index (κ3) is 3.62. The van der Waals surface area contributed by atoms with E-state index in [1.165, 1.54) is 0 Å². The van der Waals surface area contributed by atoms with E-state index in [9.17, 15) is 4.21 Å². The predicted octanol–water partition coefficient (Wildman–Crippen LogP) is 4.51. The molecule has 0 bridgehead atoms. The van der Waals surface area contributed by atoms with Gasteiger partial charge in [0.25, 0.3) is 0 Å². The average molecular weight is 277 g/mol. The van der Waals surface area contributed by atoms with Crippen LogP contribution in [0.1, 0.15) is 26.3 Å². The standard InChI is InChI=1S/C12H14Cl2OS/c1-12(2,3)16(15)8-7-9-5-4-6-10(13)11(9)14/h4-8H,1-3H3/b8-7+. The van der Waals surface area contributed by atoms with E-state index in [1.54, 1.807) is 17.6 Å². The second-order valence-electron chi connectivity index (χ2n) is 4.36. The monoisotopic (exact) mass is 276 g/mol. The molecule has 0 heterocycles. The summed E-state index contributed by atoms with van der Waals surface area (Å²) in [6.07, 6.45) is 1.75. The van der Waals surface area contributed by atoms with Crippen LogP contribution in [-0.2, 0) is 10.8 Å². The van der Waals surface area contributed by atoms with Crippen molar-refractivity contribution in [1.82, 2.24) is 0 Å². The summed E-state index contributed by atoms with van der Waals surface area (Å²) in [5.74, 6) is 0. The Bertz CT molecular complexity index is 433. The molecular weight excluding hydrogens is 263 g/mol. The zero-order chi connectivity index (χ0) is 12.3. The molecule has 0 N–H and O–H groups in total. The fourth-order valence-corrected chi connectivity index (χ4v) is 2.04. The van der Waals surface area contributed by atoms with Gasteiger partial charge in [-0.25, -0.2) is 0 Å². The molecule has 1 rings (SSSR count). The molecule has 0 saturated carbocycles. The van der Waals surface area contributed by atoms with Gasteiger partial charge in [-0.05, 0) is 38.5 Å². The molecule has 0 amide bonds. The minimum absolute atomic E-state index is 0.262. The summed E-state index contributed by atoms with van der Waals surface area (Å²) in [5, 5.41) is 2.65. The van der Waals surface area contributed by atoms with Crippen molar-refractivity contribution in [2.24, 2.45) is 0 Å². The lowest BCUT2D eigenvalue weighted by atomic mass is 10.2. The summed E-state index contributed by atoms with van der Waals surface area (Å²) < 4.78 is 11.5. The maximum absolute atomic E-state index is 11.8. The highest BCUT2D eigenvalue weighted by Gasteiger charge is 2.16. The van der Waals surface area contributed by atoms with Crippen molar-refractivity contribution in [2.45, 2.75) is 25.5 Å². The summed E-state index contributed by atoms with van der Waals surface area (Å²) in [4.78, 5) is 0. The maximum atomic E-state index is 11.8. The minimum atomic E-state index is -1.03. The Morgan fingerprint density at radius 1 is 1.25 bits per heavy atom. The average Bonchev–Trinajstić information content (AvgIpc) is 2.18. The lowest BCUT2D eigenvalue weighted by Gasteiger charge is -2.14. The van der Waals surface area contributed by atoms with Crippen LogP contribution in [0.4, 0.5) is 0 Å². The molecule has 16 heavy (non-hydrogen) atoms. The Labute approximate surface area is 109 Å². The second kappa shape index (κ2) is 5.35. The molecule has 0 aliphatic rings. The number of rotatable bonds is 2. The van der Waals surface area contributed by atoms with Crippen LogP contribution in [0.5, 0.6) is 0 Å². The van der Waals surface area contributed by atoms with Gasteiger partial charge in [0.15, 0.2) is 0 Å². The third-order valence-electron chi connectivity index (χ3n) is 1.96. The van der Waals surface area contributed by atoms with E-state index in [4.69, 9.17) is 23.2 Å². The van der Waals surface area contributed by atoms with E-state index >= 15 is 0 Å². The lowest BCUT2D eigenvalue weighted by Crippen LogP contribution is -2.19. The first-order valence-electron chi connectivity index (χ1n) is 4.85. The predicted molar refractivity (Wildman–Crippen MR) is 73.4 cm³/mol. The molecule has 4 heteroatoms. The summed E-state index contributed by atoms with van der Waals surface area (Å²) in [6.45, 7) is 5.77. The Morgan fingerprint density at radius 2 is 1.88 bits per heavy atom. The summed E-state index contributed by atoms with van der Waals surface area (Å²) in [5.41, 5.74) is 0.784.